The van der Waals surface area contributed by atoms with Crippen molar-refractivity contribution in [3.05, 3.63) is 128 Å². The average Bonchev–Trinajstić information content (AvgIpc) is 3.01. The molecule has 0 aliphatic rings. The molecular weight excluding hydrogens is 566 g/mol. The molecule has 0 fully saturated rings. The molecule has 1 aromatic heterocycles. The van der Waals surface area contributed by atoms with Gasteiger partial charge in [0.05, 0.1) is 16.9 Å². The Morgan fingerprint density at radius 3 is 2.43 bits per heavy atom. The summed E-state index contributed by atoms with van der Waals surface area (Å²) in [5.74, 6) is -0.407. The summed E-state index contributed by atoms with van der Waals surface area (Å²) in [6.45, 7) is 3.91. The zero-order valence-electron chi connectivity index (χ0n) is 24.1. The number of carbonyl (C=O) groups excluding carboxylic acids is 2. The van der Waals surface area contributed by atoms with Gasteiger partial charge < -0.3 is 25.5 Å². The van der Waals surface area contributed by atoms with Crippen LogP contribution in [-0.2, 0) is 29.1 Å². The molecular formula is C32H31N5O7. The molecule has 1 heterocycles. The predicted molar refractivity (Wildman–Crippen MR) is 165 cm³/mol. The van der Waals surface area contributed by atoms with E-state index < -0.39 is 22.4 Å². The maximum Gasteiger partial charge on any atom is 0.435 e. The minimum Gasteiger partial charge on any atom is -0.462 e. The summed E-state index contributed by atoms with van der Waals surface area (Å²) in [5, 5.41) is 17.1. The van der Waals surface area contributed by atoms with Gasteiger partial charge in [-0.1, -0.05) is 66.7 Å². The van der Waals surface area contributed by atoms with Crippen LogP contribution < -0.4 is 21.8 Å². The lowest BCUT2D eigenvalue weighted by molar-refractivity contribution is -0.384. The van der Waals surface area contributed by atoms with Crippen LogP contribution in [0.25, 0.3) is 11.3 Å². The van der Waals surface area contributed by atoms with E-state index in [0.29, 0.717) is 11.1 Å². The molecule has 0 aliphatic heterocycles. The van der Waals surface area contributed by atoms with Gasteiger partial charge in [-0.2, -0.15) is 4.99 Å². The molecule has 4 aromatic rings. The number of nitro benzene ring substituents is 1. The number of carbonyl (C=O) groups is 2. The van der Waals surface area contributed by atoms with Gasteiger partial charge in [-0.15, -0.1) is 0 Å². The lowest BCUT2D eigenvalue weighted by atomic mass is 10.0. The minimum absolute atomic E-state index is 0.0195. The van der Waals surface area contributed by atoms with Crippen molar-refractivity contribution in [2.75, 3.05) is 5.32 Å². The highest BCUT2D eigenvalue weighted by Crippen LogP contribution is 2.27. The predicted octanol–water partition coefficient (Wildman–Crippen LogP) is 4.94. The van der Waals surface area contributed by atoms with Crippen molar-refractivity contribution >= 4 is 29.2 Å². The number of aliphatic imine (C=N–C) groups is 1. The van der Waals surface area contributed by atoms with Crippen LogP contribution in [-0.4, -0.2) is 28.8 Å². The second kappa shape index (κ2) is 14.4. The number of nitro groups is 1. The number of non-ortho nitro benzene ring substituents is 1. The second-order valence-corrected chi connectivity index (χ2v) is 10.1. The van der Waals surface area contributed by atoms with Gasteiger partial charge >= 0.3 is 6.09 Å². The molecule has 2 amide bonds. The SMILES string of the molecule is CC(C)Nc1coc(-c2cccc([N+](=O)[O-])c2)c(CC(=O)NCc2ccc(/C(N)=N\C(=O)OCc3ccccc3)cc2)c1=O. The highest BCUT2D eigenvalue weighted by atomic mass is 16.6. The first-order valence-electron chi connectivity index (χ1n) is 13.7. The summed E-state index contributed by atoms with van der Waals surface area (Å²) in [7, 11) is 0. The molecule has 12 nitrogen and oxygen atoms in total. The summed E-state index contributed by atoms with van der Waals surface area (Å²) in [6.07, 6.45) is 0.109. The van der Waals surface area contributed by atoms with Gasteiger partial charge in [-0.3, -0.25) is 19.7 Å². The summed E-state index contributed by atoms with van der Waals surface area (Å²) < 4.78 is 10.9. The molecule has 44 heavy (non-hydrogen) atoms. The van der Waals surface area contributed by atoms with E-state index in [2.05, 4.69) is 15.6 Å². The average molecular weight is 598 g/mol. The van der Waals surface area contributed by atoms with Gasteiger partial charge in [0.2, 0.25) is 11.3 Å². The Kier molecular flexibility index (Phi) is 10.2. The molecule has 0 radical (unpaired) electrons. The highest BCUT2D eigenvalue weighted by molar-refractivity contribution is 6.02. The van der Waals surface area contributed by atoms with Gasteiger partial charge in [0.1, 0.15) is 30.2 Å². The van der Waals surface area contributed by atoms with Crippen LogP contribution in [0.15, 0.2) is 99.3 Å². The van der Waals surface area contributed by atoms with Crippen LogP contribution in [0.5, 0.6) is 0 Å². The molecule has 226 valence electrons. The van der Waals surface area contributed by atoms with E-state index in [4.69, 9.17) is 14.9 Å². The van der Waals surface area contributed by atoms with E-state index in [-0.39, 0.29) is 54.1 Å². The lowest BCUT2D eigenvalue weighted by Crippen LogP contribution is -2.28. The van der Waals surface area contributed by atoms with Crippen molar-refractivity contribution in [3.63, 3.8) is 0 Å². The van der Waals surface area contributed by atoms with E-state index in [1.807, 2.05) is 44.2 Å². The van der Waals surface area contributed by atoms with Crippen molar-refractivity contribution in [2.24, 2.45) is 10.7 Å². The number of ether oxygens (including phenoxy) is 1. The molecule has 0 unspecified atom stereocenters. The van der Waals surface area contributed by atoms with Gasteiger partial charge in [0.15, 0.2) is 0 Å². The van der Waals surface area contributed by atoms with Crippen molar-refractivity contribution in [1.82, 2.24) is 5.32 Å². The topological polar surface area (TPSA) is 179 Å². The molecule has 0 spiro atoms. The molecule has 12 heteroatoms. The molecule has 0 aliphatic carbocycles. The van der Waals surface area contributed by atoms with Gasteiger partial charge in [0.25, 0.3) is 5.69 Å². The smallest absolute Gasteiger partial charge is 0.435 e. The fourth-order valence-electron chi connectivity index (χ4n) is 4.21. The Bertz CT molecular complexity index is 1730. The Labute approximate surface area is 252 Å². The number of amidine groups is 1. The first kappa shape index (κ1) is 31.2. The Morgan fingerprint density at radius 1 is 1.02 bits per heavy atom. The van der Waals surface area contributed by atoms with Gasteiger partial charge in [-0.25, -0.2) is 4.79 Å². The van der Waals surface area contributed by atoms with Crippen molar-refractivity contribution in [2.45, 2.75) is 39.5 Å². The van der Waals surface area contributed by atoms with Crippen LogP contribution in [0.3, 0.4) is 0 Å². The van der Waals surface area contributed by atoms with Crippen molar-refractivity contribution in [1.29, 1.82) is 0 Å². The van der Waals surface area contributed by atoms with E-state index in [0.717, 1.165) is 11.1 Å². The zero-order valence-corrected chi connectivity index (χ0v) is 24.1. The number of hydrogen-bond acceptors (Lipinski definition) is 8. The fourth-order valence-corrected chi connectivity index (χ4v) is 4.21. The second-order valence-electron chi connectivity index (χ2n) is 10.1. The van der Waals surface area contributed by atoms with E-state index in [1.54, 1.807) is 30.3 Å². The third kappa shape index (κ3) is 8.38. The quantitative estimate of drug-likeness (QED) is 0.0934. The minimum atomic E-state index is -0.815. The van der Waals surface area contributed by atoms with Gasteiger partial charge in [0, 0.05) is 35.8 Å². The number of anilines is 1. The molecule has 4 N–H and O–H groups in total. The van der Waals surface area contributed by atoms with E-state index >= 15 is 0 Å². The Hall–Kier alpha value is -5.78. The Morgan fingerprint density at radius 2 is 1.75 bits per heavy atom. The van der Waals surface area contributed by atoms with Crippen molar-refractivity contribution in [3.8, 4) is 11.3 Å². The molecule has 3 aromatic carbocycles. The maximum absolute atomic E-state index is 13.3. The molecule has 0 atom stereocenters. The standard InChI is InChI=1S/C32H31N5O7/c1-20(2)35-27-19-43-30(24-9-6-10-25(15-24)37(41)42)26(29(27)39)16-28(38)34-17-21-11-13-23(14-12-21)31(33)36-32(40)44-18-22-7-4-3-5-8-22/h3-15,19-20,35H,16-18H2,1-2H3,(H,34,38)(H2,33,36,40). The van der Waals surface area contributed by atoms with E-state index in [1.165, 1.54) is 24.5 Å². The summed E-state index contributed by atoms with van der Waals surface area (Å²) in [5.41, 5.74) is 7.92. The molecule has 0 saturated heterocycles. The molecule has 0 bridgehead atoms. The number of amides is 2. The first-order chi connectivity index (χ1) is 21.1. The molecule has 0 saturated carbocycles. The number of benzene rings is 3. The van der Waals surface area contributed by atoms with Crippen LogP contribution in [0.4, 0.5) is 16.2 Å². The summed E-state index contributed by atoms with van der Waals surface area (Å²) in [6, 6.07) is 21.5. The number of nitrogens with two attached hydrogens (primary N) is 1. The number of hydrogen-bond donors (Lipinski definition) is 3. The third-order valence-corrected chi connectivity index (χ3v) is 6.34. The van der Waals surface area contributed by atoms with Gasteiger partial charge in [-0.05, 0) is 25.0 Å². The summed E-state index contributed by atoms with van der Waals surface area (Å²) in [4.78, 5) is 52.9. The fraction of sp³-hybridized carbons (Fsp3) is 0.188. The number of rotatable bonds is 11. The van der Waals surface area contributed by atoms with Crippen LogP contribution in [0.2, 0.25) is 0 Å². The highest BCUT2D eigenvalue weighted by Gasteiger charge is 2.20. The van der Waals surface area contributed by atoms with Crippen molar-refractivity contribution < 1.29 is 23.7 Å². The monoisotopic (exact) mass is 597 g/mol. The zero-order chi connectivity index (χ0) is 31.6. The Balaban J connectivity index is 1.43. The van der Waals surface area contributed by atoms with E-state index in [9.17, 15) is 24.5 Å². The normalized spacial score (nSPS) is 11.2. The number of nitrogens with zero attached hydrogens (tertiary/aromatic N) is 2. The first-order valence-corrected chi connectivity index (χ1v) is 13.7. The number of nitrogens with one attached hydrogen (secondary N) is 2. The third-order valence-electron chi connectivity index (χ3n) is 6.34. The molecule has 4 rings (SSSR count). The summed E-state index contributed by atoms with van der Waals surface area (Å²) >= 11 is 0. The van der Waals surface area contributed by atoms with Crippen LogP contribution in [0, 0.1) is 10.1 Å². The van der Waals surface area contributed by atoms with Crippen LogP contribution >= 0.6 is 0 Å². The maximum atomic E-state index is 13.3. The largest absolute Gasteiger partial charge is 0.462 e. The van der Waals surface area contributed by atoms with Crippen LogP contribution in [0.1, 0.15) is 36.1 Å². The lowest BCUT2D eigenvalue weighted by Gasteiger charge is -2.13.